The van der Waals surface area contributed by atoms with Crippen molar-refractivity contribution in [1.29, 1.82) is 0 Å². The van der Waals surface area contributed by atoms with Crippen molar-refractivity contribution in [2.45, 2.75) is 38.6 Å². The molecule has 0 aliphatic carbocycles. The van der Waals surface area contributed by atoms with Gasteiger partial charge in [0, 0.05) is 17.8 Å². The van der Waals surface area contributed by atoms with Crippen LogP contribution >= 0.6 is 11.3 Å². The molecular weight excluding hydrogens is 256 g/mol. The summed E-state index contributed by atoms with van der Waals surface area (Å²) < 4.78 is 0. The van der Waals surface area contributed by atoms with Gasteiger partial charge in [0.05, 0.1) is 6.04 Å². The Balaban J connectivity index is 1.58. The topological polar surface area (TPSA) is 32.3 Å². The average Bonchev–Trinajstić information content (AvgIpc) is 3.07. The van der Waals surface area contributed by atoms with E-state index in [-0.39, 0.29) is 6.04 Å². The van der Waals surface area contributed by atoms with Crippen molar-refractivity contribution in [3.63, 3.8) is 0 Å². The molecule has 2 atom stereocenters. The summed E-state index contributed by atoms with van der Waals surface area (Å²) in [7, 11) is 0. The van der Waals surface area contributed by atoms with Crippen LogP contribution in [0.15, 0.2) is 11.4 Å². The molecule has 3 nitrogen and oxygen atoms in total. The number of carbonyl (C=O) groups excluding carboxylic acids is 1. The van der Waals surface area contributed by atoms with Crippen molar-refractivity contribution in [3.05, 3.63) is 21.9 Å². The van der Waals surface area contributed by atoms with E-state index in [1.807, 2.05) is 11.3 Å². The fraction of sp³-hybridized carbons (Fsp3) is 0.667. The second-order valence-electron chi connectivity index (χ2n) is 5.71. The van der Waals surface area contributed by atoms with Gasteiger partial charge in [-0.15, -0.1) is 11.3 Å². The summed E-state index contributed by atoms with van der Waals surface area (Å²) in [5.74, 6) is 1.05. The summed E-state index contributed by atoms with van der Waals surface area (Å²) in [6.45, 7) is 5.28. The molecule has 1 saturated heterocycles. The zero-order valence-corrected chi connectivity index (χ0v) is 12.3. The molecule has 1 aromatic rings. The maximum absolute atomic E-state index is 12.4. The van der Waals surface area contributed by atoms with Gasteiger partial charge in [-0.3, -0.25) is 4.79 Å². The standard InChI is InChI=1S/C15H22N2OS/c1-11-13-6-9-19-14(13)5-8-17(11)15(18)3-2-12-4-7-16-10-12/h6,9,11-12,16H,2-5,7-8,10H2,1H3. The molecule has 4 heteroatoms. The maximum atomic E-state index is 12.4. The van der Waals surface area contributed by atoms with Crippen LogP contribution in [-0.4, -0.2) is 30.4 Å². The minimum absolute atomic E-state index is 0.268. The largest absolute Gasteiger partial charge is 0.336 e. The highest BCUT2D eigenvalue weighted by atomic mass is 32.1. The summed E-state index contributed by atoms with van der Waals surface area (Å²) in [5.41, 5.74) is 1.37. The molecule has 104 valence electrons. The van der Waals surface area contributed by atoms with Crippen molar-refractivity contribution in [3.8, 4) is 0 Å². The first-order chi connectivity index (χ1) is 9.25. The lowest BCUT2D eigenvalue weighted by Crippen LogP contribution is -2.38. The predicted molar refractivity (Wildman–Crippen MR) is 78.4 cm³/mol. The van der Waals surface area contributed by atoms with E-state index in [2.05, 4.69) is 28.6 Å². The zero-order chi connectivity index (χ0) is 13.2. The van der Waals surface area contributed by atoms with E-state index in [1.54, 1.807) is 0 Å². The van der Waals surface area contributed by atoms with Crippen molar-refractivity contribution in [1.82, 2.24) is 10.2 Å². The van der Waals surface area contributed by atoms with Crippen LogP contribution < -0.4 is 5.32 Å². The minimum atomic E-state index is 0.268. The van der Waals surface area contributed by atoms with Crippen LogP contribution in [0.4, 0.5) is 0 Å². The summed E-state index contributed by atoms with van der Waals surface area (Å²) in [6, 6.07) is 2.45. The Hall–Kier alpha value is -0.870. The Labute approximate surface area is 119 Å². The summed E-state index contributed by atoms with van der Waals surface area (Å²) in [6.07, 6.45) is 4.04. The van der Waals surface area contributed by atoms with E-state index >= 15 is 0 Å². The SMILES string of the molecule is CC1c2ccsc2CCN1C(=O)CCC1CCNC1. The number of thiophene rings is 1. The molecule has 2 aliphatic rings. The van der Waals surface area contributed by atoms with E-state index in [0.717, 1.165) is 38.9 Å². The van der Waals surface area contributed by atoms with Gasteiger partial charge in [-0.2, -0.15) is 0 Å². The van der Waals surface area contributed by atoms with Crippen LogP contribution in [0.25, 0.3) is 0 Å². The molecular formula is C15H22N2OS. The first kappa shape index (κ1) is 13.1. The molecule has 19 heavy (non-hydrogen) atoms. The smallest absolute Gasteiger partial charge is 0.223 e. The highest BCUT2D eigenvalue weighted by Gasteiger charge is 2.28. The summed E-state index contributed by atoms with van der Waals surface area (Å²) >= 11 is 1.83. The van der Waals surface area contributed by atoms with Crippen molar-refractivity contribution >= 4 is 17.2 Å². The fourth-order valence-corrected chi connectivity index (χ4v) is 4.24. The van der Waals surface area contributed by atoms with Gasteiger partial charge in [-0.1, -0.05) is 0 Å². The third-order valence-electron chi connectivity index (χ3n) is 4.53. The molecule has 2 aliphatic heterocycles. The van der Waals surface area contributed by atoms with E-state index in [1.165, 1.54) is 16.9 Å². The van der Waals surface area contributed by atoms with Crippen molar-refractivity contribution in [2.75, 3.05) is 19.6 Å². The minimum Gasteiger partial charge on any atom is -0.336 e. The average molecular weight is 278 g/mol. The van der Waals surface area contributed by atoms with Crippen LogP contribution in [0.1, 0.15) is 42.7 Å². The van der Waals surface area contributed by atoms with Gasteiger partial charge in [-0.25, -0.2) is 0 Å². The fourth-order valence-electron chi connectivity index (χ4n) is 3.28. The predicted octanol–water partition coefficient (Wildman–Crippen LogP) is 2.58. The van der Waals surface area contributed by atoms with Gasteiger partial charge < -0.3 is 10.2 Å². The van der Waals surface area contributed by atoms with E-state index < -0.39 is 0 Å². The van der Waals surface area contributed by atoms with Crippen LogP contribution in [0.3, 0.4) is 0 Å². The second-order valence-corrected chi connectivity index (χ2v) is 6.71. The maximum Gasteiger partial charge on any atom is 0.223 e. The van der Waals surface area contributed by atoms with Crippen molar-refractivity contribution < 1.29 is 4.79 Å². The Morgan fingerprint density at radius 2 is 2.47 bits per heavy atom. The Bertz CT molecular complexity index is 451. The third kappa shape index (κ3) is 2.70. The van der Waals surface area contributed by atoms with E-state index in [0.29, 0.717) is 11.8 Å². The normalized spacial score (nSPS) is 26.5. The van der Waals surface area contributed by atoms with E-state index in [9.17, 15) is 4.79 Å². The van der Waals surface area contributed by atoms with Gasteiger partial charge in [0.15, 0.2) is 0 Å². The molecule has 1 fully saturated rings. The molecule has 1 N–H and O–H groups in total. The van der Waals surface area contributed by atoms with Crippen LogP contribution in [-0.2, 0) is 11.2 Å². The first-order valence-corrected chi connectivity index (χ1v) is 8.20. The molecule has 1 amide bonds. The lowest BCUT2D eigenvalue weighted by Gasteiger charge is -2.34. The molecule has 0 spiro atoms. The Kier molecular flexibility index (Phi) is 3.89. The van der Waals surface area contributed by atoms with Crippen LogP contribution in [0.5, 0.6) is 0 Å². The zero-order valence-electron chi connectivity index (χ0n) is 11.5. The number of hydrogen-bond donors (Lipinski definition) is 1. The number of hydrogen-bond acceptors (Lipinski definition) is 3. The molecule has 2 unspecified atom stereocenters. The van der Waals surface area contributed by atoms with Gasteiger partial charge in [-0.05, 0) is 62.2 Å². The number of rotatable bonds is 3. The number of amides is 1. The lowest BCUT2D eigenvalue weighted by atomic mass is 9.98. The molecule has 3 rings (SSSR count). The highest BCUT2D eigenvalue weighted by Crippen LogP contribution is 2.33. The van der Waals surface area contributed by atoms with E-state index in [4.69, 9.17) is 0 Å². The Morgan fingerprint density at radius 3 is 3.26 bits per heavy atom. The van der Waals surface area contributed by atoms with Gasteiger partial charge >= 0.3 is 0 Å². The molecule has 0 radical (unpaired) electrons. The third-order valence-corrected chi connectivity index (χ3v) is 5.52. The highest BCUT2D eigenvalue weighted by molar-refractivity contribution is 7.10. The van der Waals surface area contributed by atoms with Gasteiger partial charge in [0.25, 0.3) is 0 Å². The summed E-state index contributed by atoms with van der Waals surface area (Å²) in [4.78, 5) is 16.0. The van der Waals surface area contributed by atoms with Crippen molar-refractivity contribution in [2.24, 2.45) is 5.92 Å². The second kappa shape index (κ2) is 5.63. The van der Waals surface area contributed by atoms with Gasteiger partial charge in [0.2, 0.25) is 5.91 Å². The quantitative estimate of drug-likeness (QED) is 0.921. The Morgan fingerprint density at radius 1 is 1.58 bits per heavy atom. The van der Waals surface area contributed by atoms with Gasteiger partial charge in [0.1, 0.15) is 0 Å². The number of nitrogens with zero attached hydrogens (tertiary/aromatic N) is 1. The monoisotopic (exact) mass is 278 g/mol. The lowest BCUT2D eigenvalue weighted by molar-refractivity contribution is -0.134. The van der Waals surface area contributed by atoms with Crippen LogP contribution in [0, 0.1) is 5.92 Å². The number of nitrogens with one attached hydrogen (secondary N) is 1. The van der Waals surface area contributed by atoms with Crippen LogP contribution in [0.2, 0.25) is 0 Å². The molecule has 1 aromatic heterocycles. The molecule has 0 aromatic carbocycles. The number of fused-ring (bicyclic) bond motifs is 1. The molecule has 0 bridgehead atoms. The first-order valence-electron chi connectivity index (χ1n) is 7.32. The summed E-state index contributed by atoms with van der Waals surface area (Å²) in [5, 5.41) is 5.52. The molecule has 0 saturated carbocycles. The molecule has 3 heterocycles. The number of carbonyl (C=O) groups is 1.